The molecule has 5 aromatic rings. The van der Waals surface area contributed by atoms with Gasteiger partial charge in [0.15, 0.2) is 0 Å². The molecule has 0 aliphatic carbocycles. The quantitative estimate of drug-likeness (QED) is 0.398. The van der Waals surface area contributed by atoms with Gasteiger partial charge in [-0.25, -0.2) is 18.9 Å². The second-order valence-corrected chi connectivity index (χ2v) is 8.43. The van der Waals surface area contributed by atoms with Gasteiger partial charge in [-0.15, -0.1) is 5.10 Å². The van der Waals surface area contributed by atoms with Crippen LogP contribution in [0.5, 0.6) is 11.6 Å². The zero-order valence-corrected chi connectivity index (χ0v) is 19.2. The van der Waals surface area contributed by atoms with Crippen LogP contribution in [0.3, 0.4) is 0 Å². The van der Waals surface area contributed by atoms with Crippen molar-refractivity contribution in [1.29, 1.82) is 0 Å². The average molecular weight is 474 g/mol. The highest BCUT2D eigenvalue weighted by Crippen LogP contribution is 2.27. The Morgan fingerprint density at radius 1 is 1.03 bits per heavy atom. The van der Waals surface area contributed by atoms with E-state index < -0.39 is 11.6 Å². The van der Waals surface area contributed by atoms with Crippen LogP contribution in [0, 0.1) is 13.8 Å². The summed E-state index contributed by atoms with van der Waals surface area (Å²) >= 11 is 5.98. The van der Waals surface area contributed by atoms with E-state index in [0.717, 1.165) is 15.8 Å². The molecule has 1 N–H and O–H groups in total. The average Bonchev–Trinajstić information content (AvgIpc) is 3.09. The van der Waals surface area contributed by atoms with E-state index in [1.54, 1.807) is 36.4 Å². The summed E-state index contributed by atoms with van der Waals surface area (Å²) in [5, 5.41) is 7.62. The lowest BCUT2D eigenvalue weighted by Gasteiger charge is -2.09. The Morgan fingerprint density at radius 2 is 1.79 bits per heavy atom. The third-order valence-electron chi connectivity index (χ3n) is 5.19. The minimum atomic E-state index is -0.472. The summed E-state index contributed by atoms with van der Waals surface area (Å²) in [5.74, 6) is 0.347. The molecular weight excluding hydrogens is 454 g/mol. The fourth-order valence-corrected chi connectivity index (χ4v) is 4.04. The first kappa shape index (κ1) is 21.7. The number of rotatable bonds is 5. The predicted molar refractivity (Wildman–Crippen MR) is 131 cm³/mol. The highest BCUT2D eigenvalue weighted by molar-refractivity contribution is 6.30. The molecule has 9 heteroatoms. The van der Waals surface area contributed by atoms with E-state index in [2.05, 4.69) is 15.4 Å². The molecule has 0 aliphatic rings. The lowest BCUT2D eigenvalue weighted by molar-refractivity contribution is -0.117. The van der Waals surface area contributed by atoms with E-state index in [0.29, 0.717) is 27.5 Å². The monoisotopic (exact) mass is 473 g/mol. The van der Waals surface area contributed by atoms with Crippen LogP contribution in [-0.2, 0) is 11.3 Å². The first-order chi connectivity index (χ1) is 16.4. The largest absolute Gasteiger partial charge is 0.436 e. The summed E-state index contributed by atoms with van der Waals surface area (Å²) in [4.78, 5) is 30.5. The maximum absolute atomic E-state index is 13.3. The maximum Gasteiger partial charge on any atom is 0.351 e. The molecule has 3 aromatic carbocycles. The number of para-hydroxylation sites is 2. The van der Waals surface area contributed by atoms with Crippen molar-refractivity contribution in [1.82, 2.24) is 19.2 Å². The van der Waals surface area contributed by atoms with Crippen molar-refractivity contribution in [3.8, 4) is 11.6 Å². The highest BCUT2D eigenvalue weighted by Gasteiger charge is 2.19. The smallest absolute Gasteiger partial charge is 0.351 e. The molecule has 0 fully saturated rings. The number of carbonyl (C=O) groups is 1. The van der Waals surface area contributed by atoms with Gasteiger partial charge in [0.05, 0.1) is 11.0 Å². The van der Waals surface area contributed by atoms with Crippen LogP contribution in [0.1, 0.15) is 11.1 Å². The van der Waals surface area contributed by atoms with Crippen molar-refractivity contribution < 1.29 is 9.53 Å². The number of nitrogens with zero attached hydrogens (tertiary/aromatic N) is 4. The van der Waals surface area contributed by atoms with Gasteiger partial charge in [-0.1, -0.05) is 35.9 Å². The van der Waals surface area contributed by atoms with Crippen LogP contribution in [-0.4, -0.2) is 25.1 Å². The first-order valence-electron chi connectivity index (χ1n) is 10.6. The van der Waals surface area contributed by atoms with Crippen molar-refractivity contribution in [2.24, 2.45) is 0 Å². The molecular formula is C25H20ClN5O3. The topological polar surface area (TPSA) is 90.5 Å². The number of hydrogen-bond donors (Lipinski definition) is 1. The normalized spacial score (nSPS) is 11.1. The zero-order valence-electron chi connectivity index (χ0n) is 18.4. The third-order valence-corrected chi connectivity index (χ3v) is 5.42. The zero-order chi connectivity index (χ0) is 23.8. The van der Waals surface area contributed by atoms with E-state index in [9.17, 15) is 9.59 Å². The lowest BCUT2D eigenvalue weighted by atomic mass is 10.1. The molecule has 0 saturated heterocycles. The molecule has 0 radical (unpaired) electrons. The van der Waals surface area contributed by atoms with Gasteiger partial charge in [-0.2, -0.15) is 0 Å². The Balaban J connectivity index is 1.57. The SMILES string of the molecule is Cc1cc(C)cc(Oc2nc3ccccc3n3c(=O)n(CC(=O)Nc4cccc(Cl)c4)nc23)c1. The number of aromatic nitrogens is 4. The second kappa shape index (κ2) is 8.64. The van der Waals surface area contributed by atoms with Crippen molar-refractivity contribution in [3.63, 3.8) is 0 Å². The Hall–Kier alpha value is -4.17. The van der Waals surface area contributed by atoms with Gasteiger partial charge in [0.25, 0.3) is 5.88 Å². The summed E-state index contributed by atoms with van der Waals surface area (Å²) in [5.41, 5.74) is 3.48. The summed E-state index contributed by atoms with van der Waals surface area (Å²) in [6, 6.07) is 19.8. The predicted octanol–water partition coefficient (Wildman–Crippen LogP) is 4.75. The number of nitrogens with one attached hydrogen (secondary N) is 1. The number of fused-ring (bicyclic) bond motifs is 3. The maximum atomic E-state index is 13.3. The number of anilines is 1. The Kier molecular flexibility index (Phi) is 5.51. The summed E-state index contributed by atoms with van der Waals surface area (Å²) < 4.78 is 8.59. The van der Waals surface area contributed by atoms with Crippen molar-refractivity contribution in [2.45, 2.75) is 20.4 Å². The standard InChI is InChI=1S/C25H20ClN5O3/c1-15-10-16(2)12-19(11-15)34-24-23-29-30(14-22(32)27-18-7-5-6-17(26)13-18)25(33)31(23)21-9-4-3-8-20(21)28-24/h3-13H,14H2,1-2H3,(H,27,32). The molecule has 0 unspecified atom stereocenters. The van der Waals surface area contributed by atoms with Crippen molar-refractivity contribution >= 4 is 39.9 Å². The van der Waals surface area contributed by atoms with E-state index in [4.69, 9.17) is 16.3 Å². The summed E-state index contributed by atoms with van der Waals surface area (Å²) in [6.45, 7) is 3.66. The Morgan fingerprint density at radius 3 is 2.56 bits per heavy atom. The van der Waals surface area contributed by atoms with Crippen molar-refractivity contribution in [2.75, 3.05) is 5.32 Å². The summed E-state index contributed by atoms with van der Waals surface area (Å²) in [7, 11) is 0. The molecule has 0 spiro atoms. The second-order valence-electron chi connectivity index (χ2n) is 7.99. The van der Waals surface area contributed by atoms with Gasteiger partial charge in [0.1, 0.15) is 12.3 Å². The van der Waals surface area contributed by atoms with Gasteiger partial charge in [-0.05, 0) is 67.4 Å². The number of aryl methyl sites for hydroxylation is 2. The molecule has 5 rings (SSSR count). The Bertz CT molecular complexity index is 1600. The number of carbonyl (C=O) groups excluding carboxylic acids is 1. The number of ether oxygens (including phenoxy) is 1. The molecule has 2 aromatic heterocycles. The first-order valence-corrected chi connectivity index (χ1v) is 10.9. The molecule has 0 saturated carbocycles. The molecule has 2 heterocycles. The number of amides is 1. The number of hydrogen-bond acceptors (Lipinski definition) is 5. The van der Waals surface area contributed by atoms with Gasteiger partial charge in [0, 0.05) is 10.7 Å². The van der Waals surface area contributed by atoms with Gasteiger partial charge >= 0.3 is 5.69 Å². The molecule has 34 heavy (non-hydrogen) atoms. The highest BCUT2D eigenvalue weighted by atomic mass is 35.5. The molecule has 0 atom stereocenters. The van der Waals surface area contributed by atoms with Crippen molar-refractivity contribution in [3.05, 3.63) is 93.4 Å². The Labute approximate surface area is 199 Å². The fraction of sp³-hybridized carbons (Fsp3) is 0.120. The molecule has 0 bridgehead atoms. The van der Waals surface area contributed by atoms with E-state index in [-0.39, 0.29) is 18.1 Å². The molecule has 0 aliphatic heterocycles. The van der Waals surface area contributed by atoms with E-state index >= 15 is 0 Å². The van der Waals surface area contributed by atoms with Gasteiger partial charge in [0.2, 0.25) is 11.6 Å². The minimum absolute atomic E-state index is 0.176. The number of benzene rings is 3. The van der Waals surface area contributed by atoms with E-state index in [1.165, 1.54) is 4.40 Å². The fourth-order valence-electron chi connectivity index (χ4n) is 3.85. The van der Waals surface area contributed by atoms with Crippen LogP contribution >= 0.6 is 11.6 Å². The van der Waals surface area contributed by atoms with E-state index in [1.807, 2.05) is 44.2 Å². The van der Waals surface area contributed by atoms with Crippen LogP contribution < -0.4 is 15.7 Å². The summed E-state index contributed by atoms with van der Waals surface area (Å²) in [6.07, 6.45) is 0. The third kappa shape index (κ3) is 4.23. The van der Waals surface area contributed by atoms with Crippen LogP contribution in [0.2, 0.25) is 5.02 Å². The van der Waals surface area contributed by atoms with Gasteiger partial charge in [-0.3, -0.25) is 4.79 Å². The lowest BCUT2D eigenvalue weighted by Crippen LogP contribution is -2.28. The van der Waals surface area contributed by atoms with Crippen LogP contribution in [0.4, 0.5) is 5.69 Å². The molecule has 170 valence electrons. The van der Waals surface area contributed by atoms with Crippen LogP contribution in [0.15, 0.2) is 71.5 Å². The minimum Gasteiger partial charge on any atom is -0.436 e. The molecule has 8 nitrogen and oxygen atoms in total. The molecule has 1 amide bonds. The van der Waals surface area contributed by atoms with Crippen LogP contribution in [0.25, 0.3) is 16.7 Å². The van der Waals surface area contributed by atoms with Gasteiger partial charge < -0.3 is 10.1 Å². The number of halogens is 1.